The Balaban J connectivity index is 2.76. The van der Waals surface area contributed by atoms with Crippen molar-refractivity contribution in [3.63, 3.8) is 0 Å². The Bertz CT molecular complexity index is 327. The Morgan fingerprint density at radius 3 is 2.88 bits per heavy atom. The number of hydrogen-bond acceptors (Lipinski definition) is 4. The highest BCUT2D eigenvalue weighted by Gasteiger charge is 2.17. The van der Waals surface area contributed by atoms with Gasteiger partial charge in [-0.15, -0.1) is 0 Å². The van der Waals surface area contributed by atoms with Crippen molar-refractivity contribution in [3.05, 3.63) is 16.9 Å². The highest BCUT2D eigenvalue weighted by Crippen LogP contribution is 2.22. The minimum Gasteiger partial charge on any atom is -0.385 e. The molecule has 0 spiro atoms. The molecular formula is C10H19ClN4O. The summed E-state index contributed by atoms with van der Waals surface area (Å²) in [7, 11) is 5.78. The molecule has 92 valence electrons. The van der Waals surface area contributed by atoms with Crippen LogP contribution in [0.1, 0.15) is 11.8 Å². The van der Waals surface area contributed by atoms with Crippen LogP contribution in [0.3, 0.4) is 0 Å². The molecule has 2 N–H and O–H groups in total. The second-order valence-corrected chi connectivity index (χ2v) is 4.38. The molecule has 0 amide bonds. The summed E-state index contributed by atoms with van der Waals surface area (Å²) < 4.78 is 1.75. The van der Waals surface area contributed by atoms with Crippen LogP contribution in [-0.2, 0) is 6.54 Å². The summed E-state index contributed by atoms with van der Waals surface area (Å²) in [5.41, 5.74) is 0.679. The lowest BCUT2D eigenvalue weighted by Crippen LogP contribution is -2.24. The second kappa shape index (κ2) is 6.20. The first-order valence-electron chi connectivity index (χ1n) is 5.25. The second-order valence-electron chi connectivity index (χ2n) is 3.98. The van der Waals surface area contributed by atoms with E-state index in [2.05, 4.69) is 15.3 Å². The molecule has 0 aliphatic carbocycles. The SMILES string of the molecule is CNCC(O)c1c(Cl)cnn1CCN(C)C. The molecule has 0 radical (unpaired) electrons. The van der Waals surface area contributed by atoms with Crippen molar-refractivity contribution >= 4 is 11.6 Å². The quantitative estimate of drug-likeness (QED) is 0.761. The van der Waals surface area contributed by atoms with Gasteiger partial charge in [-0.3, -0.25) is 4.68 Å². The molecule has 1 rings (SSSR count). The van der Waals surface area contributed by atoms with Crippen molar-refractivity contribution in [1.82, 2.24) is 20.0 Å². The summed E-state index contributed by atoms with van der Waals surface area (Å²) in [6, 6.07) is 0. The Kier molecular flexibility index (Phi) is 5.21. The molecular weight excluding hydrogens is 228 g/mol. The molecule has 0 aromatic carbocycles. The number of rotatable bonds is 6. The maximum absolute atomic E-state index is 9.91. The van der Waals surface area contributed by atoms with Crippen LogP contribution in [-0.4, -0.2) is 54.0 Å². The molecule has 1 unspecified atom stereocenters. The van der Waals surface area contributed by atoms with E-state index in [1.807, 2.05) is 14.1 Å². The van der Waals surface area contributed by atoms with Crippen LogP contribution >= 0.6 is 11.6 Å². The standard InChI is InChI=1S/C10H19ClN4O/c1-12-7-9(16)10-8(11)6-13-15(10)5-4-14(2)3/h6,9,12,16H,4-5,7H2,1-3H3. The maximum atomic E-state index is 9.91. The number of halogens is 1. The van der Waals surface area contributed by atoms with Crippen molar-refractivity contribution in [2.45, 2.75) is 12.6 Å². The largest absolute Gasteiger partial charge is 0.385 e. The van der Waals surface area contributed by atoms with Crippen LogP contribution in [0.4, 0.5) is 0 Å². The van der Waals surface area contributed by atoms with E-state index in [4.69, 9.17) is 11.6 Å². The van der Waals surface area contributed by atoms with E-state index in [0.29, 0.717) is 17.3 Å². The summed E-state index contributed by atoms with van der Waals surface area (Å²) in [6.07, 6.45) is 0.952. The molecule has 0 fully saturated rings. The number of hydrogen-bond donors (Lipinski definition) is 2. The van der Waals surface area contributed by atoms with Crippen molar-refractivity contribution in [1.29, 1.82) is 0 Å². The van der Waals surface area contributed by atoms with Gasteiger partial charge >= 0.3 is 0 Å². The van der Waals surface area contributed by atoms with Gasteiger partial charge in [-0.1, -0.05) is 11.6 Å². The molecule has 0 saturated heterocycles. The van der Waals surface area contributed by atoms with E-state index in [1.54, 1.807) is 17.9 Å². The average Bonchev–Trinajstić information content (AvgIpc) is 2.57. The lowest BCUT2D eigenvalue weighted by Gasteiger charge is -2.15. The lowest BCUT2D eigenvalue weighted by atomic mass is 10.2. The fourth-order valence-electron chi connectivity index (χ4n) is 1.47. The topological polar surface area (TPSA) is 53.3 Å². The van der Waals surface area contributed by atoms with E-state index in [0.717, 1.165) is 13.1 Å². The predicted octanol–water partition coefficient (Wildman–Crippen LogP) is 0.351. The summed E-state index contributed by atoms with van der Waals surface area (Å²) in [6.45, 7) is 2.04. The van der Waals surface area contributed by atoms with Crippen molar-refractivity contribution in [2.24, 2.45) is 0 Å². The maximum Gasteiger partial charge on any atom is 0.109 e. The van der Waals surface area contributed by atoms with Gasteiger partial charge in [-0.05, 0) is 21.1 Å². The van der Waals surface area contributed by atoms with Gasteiger partial charge in [0, 0.05) is 13.1 Å². The third kappa shape index (κ3) is 3.45. The molecule has 1 aromatic heterocycles. The molecule has 1 heterocycles. The van der Waals surface area contributed by atoms with E-state index in [9.17, 15) is 5.11 Å². The fourth-order valence-corrected chi connectivity index (χ4v) is 1.73. The van der Waals surface area contributed by atoms with Crippen LogP contribution in [0.15, 0.2) is 6.20 Å². The predicted molar refractivity (Wildman–Crippen MR) is 64.7 cm³/mol. The van der Waals surface area contributed by atoms with Crippen LogP contribution in [0, 0.1) is 0 Å². The molecule has 0 bridgehead atoms. The van der Waals surface area contributed by atoms with Gasteiger partial charge in [-0.2, -0.15) is 5.10 Å². The van der Waals surface area contributed by atoms with Gasteiger partial charge in [-0.25, -0.2) is 0 Å². The first kappa shape index (κ1) is 13.4. The molecule has 6 heteroatoms. The lowest BCUT2D eigenvalue weighted by molar-refractivity contribution is 0.165. The first-order valence-corrected chi connectivity index (χ1v) is 5.62. The Morgan fingerprint density at radius 2 is 2.31 bits per heavy atom. The molecule has 0 aliphatic rings. The molecule has 1 atom stereocenters. The Morgan fingerprint density at radius 1 is 1.62 bits per heavy atom. The van der Waals surface area contributed by atoms with Crippen LogP contribution in [0.25, 0.3) is 0 Å². The van der Waals surface area contributed by atoms with Crippen LogP contribution < -0.4 is 5.32 Å². The number of nitrogens with one attached hydrogen (secondary N) is 1. The van der Waals surface area contributed by atoms with E-state index < -0.39 is 6.10 Å². The zero-order chi connectivity index (χ0) is 12.1. The average molecular weight is 247 g/mol. The van der Waals surface area contributed by atoms with Crippen LogP contribution in [0.5, 0.6) is 0 Å². The smallest absolute Gasteiger partial charge is 0.109 e. The molecule has 0 saturated carbocycles. The van der Waals surface area contributed by atoms with Crippen LogP contribution in [0.2, 0.25) is 5.02 Å². The number of likely N-dealkylation sites (N-methyl/N-ethyl adjacent to an activating group) is 2. The molecule has 1 aromatic rings. The monoisotopic (exact) mass is 246 g/mol. The number of nitrogens with zero attached hydrogens (tertiary/aromatic N) is 3. The zero-order valence-electron chi connectivity index (χ0n) is 9.94. The number of aromatic nitrogens is 2. The highest BCUT2D eigenvalue weighted by molar-refractivity contribution is 6.31. The number of aliphatic hydroxyl groups is 1. The van der Waals surface area contributed by atoms with E-state index >= 15 is 0 Å². The summed E-state index contributed by atoms with van der Waals surface area (Å²) >= 11 is 6.01. The summed E-state index contributed by atoms with van der Waals surface area (Å²) in [5, 5.41) is 17.5. The minimum atomic E-state index is -0.623. The molecule has 5 nitrogen and oxygen atoms in total. The van der Waals surface area contributed by atoms with Gasteiger partial charge in [0.25, 0.3) is 0 Å². The highest BCUT2D eigenvalue weighted by atomic mass is 35.5. The zero-order valence-corrected chi connectivity index (χ0v) is 10.7. The van der Waals surface area contributed by atoms with Crippen molar-refractivity contribution in [2.75, 3.05) is 34.2 Å². The molecule has 0 aliphatic heterocycles. The van der Waals surface area contributed by atoms with Gasteiger partial charge in [0.2, 0.25) is 0 Å². The Hall–Kier alpha value is -0.620. The summed E-state index contributed by atoms with van der Waals surface area (Å²) in [4.78, 5) is 2.06. The fraction of sp³-hybridized carbons (Fsp3) is 0.700. The normalized spacial score (nSPS) is 13.4. The van der Waals surface area contributed by atoms with Crippen molar-refractivity contribution in [3.8, 4) is 0 Å². The van der Waals surface area contributed by atoms with E-state index in [1.165, 1.54) is 0 Å². The van der Waals surface area contributed by atoms with Crippen molar-refractivity contribution < 1.29 is 5.11 Å². The molecule has 16 heavy (non-hydrogen) atoms. The minimum absolute atomic E-state index is 0.466. The van der Waals surface area contributed by atoms with Gasteiger partial charge in [0.15, 0.2) is 0 Å². The summed E-state index contributed by atoms with van der Waals surface area (Å²) in [5.74, 6) is 0. The van der Waals surface area contributed by atoms with Gasteiger partial charge in [0.05, 0.1) is 23.5 Å². The van der Waals surface area contributed by atoms with Gasteiger partial charge in [0.1, 0.15) is 6.10 Å². The van der Waals surface area contributed by atoms with E-state index in [-0.39, 0.29) is 0 Å². The Labute approximate surface area is 101 Å². The third-order valence-corrected chi connectivity index (χ3v) is 2.60. The third-order valence-electron chi connectivity index (χ3n) is 2.31. The van der Waals surface area contributed by atoms with Gasteiger partial charge < -0.3 is 15.3 Å². The number of aliphatic hydroxyl groups excluding tert-OH is 1. The first-order chi connectivity index (χ1) is 7.56.